The molecule has 0 spiro atoms. The molecule has 2 N–H and O–H groups in total. The number of nitrogens with zero attached hydrogens (tertiary/aromatic N) is 5. The maximum absolute atomic E-state index is 13.3. The van der Waals surface area contributed by atoms with Crippen LogP contribution in [0.5, 0.6) is 0 Å². The molecule has 1 aromatic carbocycles. The molecular formula is C23H24Cl2N6O. The first-order chi connectivity index (χ1) is 15.4. The van der Waals surface area contributed by atoms with Crippen molar-refractivity contribution in [2.75, 3.05) is 24.5 Å². The van der Waals surface area contributed by atoms with E-state index < -0.39 is 0 Å². The van der Waals surface area contributed by atoms with Gasteiger partial charge in [0.15, 0.2) is 5.65 Å². The first-order valence-corrected chi connectivity index (χ1v) is 11.5. The molecule has 2 aliphatic heterocycles. The van der Waals surface area contributed by atoms with Gasteiger partial charge in [0.25, 0.3) is 5.91 Å². The number of halogens is 2. The second-order valence-electron chi connectivity index (χ2n) is 8.39. The molecule has 0 aliphatic carbocycles. The van der Waals surface area contributed by atoms with Crippen molar-refractivity contribution in [1.82, 2.24) is 19.5 Å². The molecule has 0 radical (unpaired) electrons. The van der Waals surface area contributed by atoms with E-state index in [2.05, 4.69) is 11.0 Å². The first kappa shape index (κ1) is 21.2. The molecule has 0 bridgehead atoms. The van der Waals surface area contributed by atoms with Gasteiger partial charge in [0.05, 0.1) is 15.7 Å². The Hall–Kier alpha value is -2.61. The van der Waals surface area contributed by atoms with E-state index in [-0.39, 0.29) is 11.9 Å². The number of allylic oxidation sites excluding steroid dienone is 1. The summed E-state index contributed by atoms with van der Waals surface area (Å²) >= 11 is 12.2. The monoisotopic (exact) mass is 470 g/mol. The Balaban J connectivity index is 1.49. The summed E-state index contributed by atoms with van der Waals surface area (Å²) in [6.07, 6.45) is 6.79. The second kappa shape index (κ2) is 8.39. The number of aryl methyl sites for hydroxylation is 1. The number of amides is 1. The van der Waals surface area contributed by atoms with Gasteiger partial charge in [-0.2, -0.15) is 5.10 Å². The predicted octanol–water partition coefficient (Wildman–Crippen LogP) is 4.16. The van der Waals surface area contributed by atoms with E-state index in [1.54, 1.807) is 27.6 Å². The van der Waals surface area contributed by atoms with Crippen molar-refractivity contribution in [3.05, 3.63) is 63.4 Å². The highest BCUT2D eigenvalue weighted by atomic mass is 35.5. The molecular weight excluding hydrogens is 447 g/mol. The highest BCUT2D eigenvalue weighted by molar-refractivity contribution is 6.42. The third-order valence-electron chi connectivity index (χ3n) is 6.02. The quantitative estimate of drug-likeness (QED) is 0.621. The normalized spacial score (nSPS) is 19.0. The lowest BCUT2D eigenvalue weighted by atomic mass is 10.1. The lowest BCUT2D eigenvalue weighted by molar-refractivity contribution is 0.0829. The maximum Gasteiger partial charge on any atom is 0.258 e. The van der Waals surface area contributed by atoms with Gasteiger partial charge in [-0.05, 0) is 44.4 Å². The third kappa shape index (κ3) is 3.85. The van der Waals surface area contributed by atoms with Crippen molar-refractivity contribution >= 4 is 46.3 Å². The predicted molar refractivity (Wildman–Crippen MR) is 127 cm³/mol. The van der Waals surface area contributed by atoms with Crippen LogP contribution in [-0.2, 0) is 0 Å². The minimum absolute atomic E-state index is 0.123. The molecule has 1 atom stereocenters. The molecule has 5 rings (SSSR count). The van der Waals surface area contributed by atoms with Gasteiger partial charge in [-0.25, -0.2) is 9.50 Å². The van der Waals surface area contributed by atoms with E-state index in [0.29, 0.717) is 22.2 Å². The number of hydrogen-bond donors (Lipinski definition) is 1. The Labute approximate surface area is 196 Å². The lowest BCUT2D eigenvalue weighted by Gasteiger charge is -2.28. The maximum atomic E-state index is 13.3. The van der Waals surface area contributed by atoms with Gasteiger partial charge in [0, 0.05) is 49.1 Å². The molecule has 2 aromatic heterocycles. The lowest BCUT2D eigenvalue weighted by Crippen LogP contribution is -2.32. The summed E-state index contributed by atoms with van der Waals surface area (Å²) in [5.41, 5.74) is 9.89. The minimum Gasteiger partial charge on any atom is -0.355 e. The van der Waals surface area contributed by atoms with Crippen LogP contribution in [-0.4, -0.2) is 51.1 Å². The molecule has 7 nitrogen and oxygen atoms in total. The highest BCUT2D eigenvalue weighted by Crippen LogP contribution is 2.30. The van der Waals surface area contributed by atoms with Crippen LogP contribution in [0.2, 0.25) is 10.0 Å². The number of anilines is 1. The number of benzene rings is 1. The fraction of sp³-hybridized carbons (Fsp3) is 0.348. The Bertz CT molecular complexity index is 1240. The summed E-state index contributed by atoms with van der Waals surface area (Å²) in [5, 5.41) is 5.53. The number of rotatable bonds is 3. The number of carbonyl (C=O) groups excluding carboxylic acids is 1. The third-order valence-corrected chi connectivity index (χ3v) is 6.76. The average molecular weight is 471 g/mol. The SMILES string of the molecule is Cc1cn2nc(C3=CCCCN3C(=O)c3ccc(Cl)c(Cl)c3)cc2nc1N1CC[C@H](N)C1. The van der Waals surface area contributed by atoms with Crippen molar-refractivity contribution in [2.24, 2.45) is 5.73 Å². The van der Waals surface area contributed by atoms with Gasteiger partial charge >= 0.3 is 0 Å². The van der Waals surface area contributed by atoms with E-state index in [9.17, 15) is 4.79 Å². The van der Waals surface area contributed by atoms with Gasteiger partial charge < -0.3 is 15.5 Å². The molecule has 166 valence electrons. The van der Waals surface area contributed by atoms with Crippen LogP contribution in [0.3, 0.4) is 0 Å². The second-order valence-corrected chi connectivity index (χ2v) is 9.21. The molecule has 2 aliphatic rings. The Morgan fingerprint density at radius 2 is 2.03 bits per heavy atom. The summed E-state index contributed by atoms with van der Waals surface area (Å²) in [7, 11) is 0. The summed E-state index contributed by atoms with van der Waals surface area (Å²) < 4.78 is 1.78. The zero-order valence-corrected chi connectivity index (χ0v) is 19.3. The molecule has 4 heterocycles. The average Bonchev–Trinajstić information content (AvgIpc) is 3.40. The molecule has 1 amide bonds. The van der Waals surface area contributed by atoms with E-state index in [0.717, 1.165) is 60.8 Å². The van der Waals surface area contributed by atoms with Gasteiger partial charge in [-0.15, -0.1) is 0 Å². The van der Waals surface area contributed by atoms with Gasteiger partial charge in [0.1, 0.15) is 11.5 Å². The highest BCUT2D eigenvalue weighted by Gasteiger charge is 2.26. The Kier molecular flexibility index (Phi) is 5.57. The number of aromatic nitrogens is 3. The van der Waals surface area contributed by atoms with Crippen LogP contribution < -0.4 is 10.6 Å². The number of nitrogens with two attached hydrogens (primary N) is 1. The van der Waals surface area contributed by atoms with Crippen molar-refractivity contribution in [3.63, 3.8) is 0 Å². The van der Waals surface area contributed by atoms with E-state index in [1.165, 1.54) is 0 Å². The van der Waals surface area contributed by atoms with Crippen molar-refractivity contribution in [1.29, 1.82) is 0 Å². The summed E-state index contributed by atoms with van der Waals surface area (Å²) in [4.78, 5) is 22.1. The van der Waals surface area contributed by atoms with Crippen LogP contribution in [0.15, 0.2) is 36.5 Å². The van der Waals surface area contributed by atoms with Gasteiger partial charge in [-0.3, -0.25) is 4.79 Å². The van der Waals surface area contributed by atoms with E-state index in [1.807, 2.05) is 19.2 Å². The fourth-order valence-electron chi connectivity index (χ4n) is 4.38. The topological polar surface area (TPSA) is 79.8 Å². The van der Waals surface area contributed by atoms with E-state index in [4.69, 9.17) is 39.0 Å². The van der Waals surface area contributed by atoms with Crippen LogP contribution >= 0.6 is 23.2 Å². The van der Waals surface area contributed by atoms with Crippen LogP contribution in [0, 0.1) is 6.92 Å². The van der Waals surface area contributed by atoms with Crippen molar-refractivity contribution in [3.8, 4) is 0 Å². The van der Waals surface area contributed by atoms with Crippen LogP contribution in [0.25, 0.3) is 11.3 Å². The standard InChI is InChI=1S/C23H24Cl2N6O/c1-14-12-31-21(27-22(14)29-9-7-16(26)13-29)11-19(28-31)20-4-2-3-8-30(20)23(32)15-5-6-17(24)18(25)10-15/h4-6,10-12,16H,2-3,7-9,13,26H2,1H3/t16-/m0/s1. The minimum atomic E-state index is -0.123. The molecule has 1 fully saturated rings. The Morgan fingerprint density at radius 3 is 2.78 bits per heavy atom. The number of hydrogen-bond acceptors (Lipinski definition) is 5. The zero-order valence-electron chi connectivity index (χ0n) is 17.8. The summed E-state index contributed by atoms with van der Waals surface area (Å²) in [5.74, 6) is 0.820. The van der Waals surface area contributed by atoms with Crippen molar-refractivity contribution in [2.45, 2.75) is 32.2 Å². The largest absolute Gasteiger partial charge is 0.355 e. The first-order valence-electron chi connectivity index (χ1n) is 10.8. The molecule has 0 unspecified atom stereocenters. The number of fused-ring (bicyclic) bond motifs is 1. The summed E-state index contributed by atoms with van der Waals surface area (Å²) in [6, 6.07) is 7.07. The zero-order chi connectivity index (χ0) is 22.4. The Morgan fingerprint density at radius 1 is 1.19 bits per heavy atom. The molecule has 32 heavy (non-hydrogen) atoms. The molecule has 1 saturated heterocycles. The molecule has 0 saturated carbocycles. The van der Waals surface area contributed by atoms with Crippen LogP contribution in [0.1, 0.15) is 40.9 Å². The number of carbonyl (C=O) groups is 1. The van der Waals surface area contributed by atoms with Gasteiger partial charge in [0.2, 0.25) is 0 Å². The molecule has 9 heteroatoms. The van der Waals surface area contributed by atoms with Gasteiger partial charge in [-0.1, -0.05) is 29.3 Å². The van der Waals surface area contributed by atoms with E-state index >= 15 is 0 Å². The smallest absolute Gasteiger partial charge is 0.258 e. The molecule has 3 aromatic rings. The van der Waals surface area contributed by atoms with Crippen molar-refractivity contribution < 1.29 is 4.79 Å². The van der Waals surface area contributed by atoms with Crippen LogP contribution in [0.4, 0.5) is 5.82 Å². The summed E-state index contributed by atoms with van der Waals surface area (Å²) in [6.45, 7) is 4.36. The fourth-order valence-corrected chi connectivity index (χ4v) is 4.68.